The Bertz CT molecular complexity index is 397. The maximum Gasteiger partial charge on any atom is 0.0203 e. The Morgan fingerprint density at radius 2 is 1.70 bits per heavy atom. The number of rotatable bonds is 3. The highest BCUT2D eigenvalue weighted by atomic mass is 15.1. The molecule has 0 spiro atoms. The second-order valence-corrected chi connectivity index (χ2v) is 6.76. The largest absolute Gasteiger partial charge is 0.310 e. The second-order valence-electron chi connectivity index (χ2n) is 6.76. The summed E-state index contributed by atoms with van der Waals surface area (Å²) in [7, 11) is 2.27. The molecular weight excluding hydrogens is 244 g/mol. The van der Waals surface area contributed by atoms with Crippen LogP contribution in [-0.2, 0) is 0 Å². The highest BCUT2D eigenvalue weighted by Crippen LogP contribution is 2.27. The zero-order valence-electron chi connectivity index (χ0n) is 12.7. The summed E-state index contributed by atoms with van der Waals surface area (Å²) in [4.78, 5) is 2.50. The van der Waals surface area contributed by atoms with Crippen LogP contribution in [0.1, 0.15) is 50.0 Å². The van der Waals surface area contributed by atoms with Gasteiger partial charge in [0.05, 0.1) is 0 Å². The van der Waals surface area contributed by atoms with Gasteiger partial charge in [-0.3, -0.25) is 0 Å². The molecule has 1 saturated heterocycles. The summed E-state index contributed by atoms with van der Waals surface area (Å²) in [5.41, 5.74) is 1.51. The average molecular weight is 272 g/mol. The van der Waals surface area contributed by atoms with Gasteiger partial charge in [0.25, 0.3) is 0 Å². The quantitative estimate of drug-likeness (QED) is 0.907. The van der Waals surface area contributed by atoms with Crippen molar-refractivity contribution >= 4 is 0 Å². The van der Waals surface area contributed by atoms with Crippen LogP contribution in [0.4, 0.5) is 0 Å². The van der Waals surface area contributed by atoms with Gasteiger partial charge in [0.1, 0.15) is 0 Å². The number of nitrogens with one attached hydrogen (secondary N) is 1. The maximum atomic E-state index is 3.95. The summed E-state index contributed by atoms with van der Waals surface area (Å²) >= 11 is 0. The van der Waals surface area contributed by atoms with Crippen molar-refractivity contribution in [3.63, 3.8) is 0 Å². The van der Waals surface area contributed by atoms with Crippen molar-refractivity contribution in [3.8, 4) is 0 Å². The monoisotopic (exact) mass is 272 g/mol. The van der Waals surface area contributed by atoms with Gasteiger partial charge in [0.2, 0.25) is 0 Å². The van der Waals surface area contributed by atoms with E-state index in [4.69, 9.17) is 0 Å². The first-order chi connectivity index (χ1) is 9.81. The molecule has 2 atom stereocenters. The van der Waals surface area contributed by atoms with Crippen LogP contribution in [0.5, 0.6) is 0 Å². The van der Waals surface area contributed by atoms with Gasteiger partial charge in [-0.15, -0.1) is 0 Å². The Hall–Kier alpha value is -0.860. The Balaban J connectivity index is 1.61. The van der Waals surface area contributed by atoms with Crippen molar-refractivity contribution < 1.29 is 0 Å². The van der Waals surface area contributed by atoms with Gasteiger partial charge >= 0.3 is 0 Å². The van der Waals surface area contributed by atoms with E-state index in [1.807, 2.05) is 0 Å². The second kappa shape index (κ2) is 6.73. The molecule has 0 radical (unpaired) electrons. The van der Waals surface area contributed by atoms with Gasteiger partial charge in [-0.2, -0.15) is 0 Å². The predicted molar refractivity (Wildman–Crippen MR) is 85.1 cm³/mol. The summed E-state index contributed by atoms with van der Waals surface area (Å²) < 4.78 is 0. The number of piperidine rings is 1. The van der Waals surface area contributed by atoms with Crippen LogP contribution in [-0.4, -0.2) is 37.1 Å². The third kappa shape index (κ3) is 3.62. The van der Waals surface area contributed by atoms with E-state index in [2.05, 4.69) is 47.6 Å². The van der Waals surface area contributed by atoms with Gasteiger partial charge in [0, 0.05) is 25.2 Å². The number of hydrogen-bond donors (Lipinski definition) is 1. The Morgan fingerprint density at radius 1 is 0.950 bits per heavy atom. The lowest BCUT2D eigenvalue weighted by Gasteiger charge is -2.39. The Kier molecular flexibility index (Phi) is 4.74. The van der Waals surface area contributed by atoms with Crippen molar-refractivity contribution in [3.05, 3.63) is 35.9 Å². The van der Waals surface area contributed by atoms with Gasteiger partial charge in [0.15, 0.2) is 0 Å². The number of nitrogens with zero attached hydrogens (tertiary/aromatic N) is 1. The molecule has 110 valence electrons. The fraction of sp³-hybridized carbons (Fsp3) is 0.667. The molecule has 0 amide bonds. The maximum absolute atomic E-state index is 3.95. The molecule has 20 heavy (non-hydrogen) atoms. The number of likely N-dealkylation sites (tertiary alicyclic amines) is 1. The predicted octanol–water partition coefficient (Wildman–Crippen LogP) is 3.40. The lowest BCUT2D eigenvalue weighted by molar-refractivity contribution is 0.186. The van der Waals surface area contributed by atoms with Crippen LogP contribution in [0.3, 0.4) is 0 Å². The normalized spacial score (nSPS) is 29.4. The van der Waals surface area contributed by atoms with Crippen LogP contribution >= 0.6 is 0 Å². The van der Waals surface area contributed by atoms with E-state index < -0.39 is 0 Å². The first kappa shape index (κ1) is 14.1. The van der Waals surface area contributed by atoms with E-state index in [9.17, 15) is 0 Å². The Morgan fingerprint density at radius 3 is 2.45 bits per heavy atom. The molecule has 2 unspecified atom stereocenters. The molecular formula is C18H28N2. The third-order valence-corrected chi connectivity index (χ3v) is 4.98. The minimum atomic E-state index is 0.669. The summed E-state index contributed by atoms with van der Waals surface area (Å²) in [6.07, 6.45) is 8.34. The molecule has 1 aliphatic carbocycles. The molecule has 1 heterocycles. The fourth-order valence-electron chi connectivity index (χ4n) is 4.01. The molecule has 2 fully saturated rings. The molecule has 1 aromatic carbocycles. The zero-order valence-corrected chi connectivity index (χ0v) is 12.7. The van der Waals surface area contributed by atoms with Crippen LogP contribution in [0.25, 0.3) is 0 Å². The SMILES string of the molecule is CN1CC(NC2CCCCC2)CC(c2ccccc2)C1. The van der Waals surface area contributed by atoms with Gasteiger partial charge < -0.3 is 10.2 Å². The first-order valence-corrected chi connectivity index (χ1v) is 8.31. The number of benzene rings is 1. The van der Waals surface area contributed by atoms with E-state index in [0.29, 0.717) is 12.0 Å². The van der Waals surface area contributed by atoms with E-state index in [1.54, 1.807) is 0 Å². The molecule has 1 saturated carbocycles. The molecule has 3 rings (SSSR count). The first-order valence-electron chi connectivity index (χ1n) is 8.31. The van der Waals surface area contributed by atoms with E-state index >= 15 is 0 Å². The molecule has 1 aromatic rings. The van der Waals surface area contributed by atoms with Crippen LogP contribution in [0.2, 0.25) is 0 Å². The summed E-state index contributed by atoms with van der Waals surface area (Å²) in [5.74, 6) is 0.691. The molecule has 0 aromatic heterocycles. The minimum Gasteiger partial charge on any atom is -0.310 e. The van der Waals surface area contributed by atoms with Crippen molar-refractivity contribution in [1.29, 1.82) is 0 Å². The summed E-state index contributed by atoms with van der Waals surface area (Å²) in [5, 5.41) is 3.95. The average Bonchev–Trinajstić information content (AvgIpc) is 2.49. The lowest BCUT2D eigenvalue weighted by atomic mass is 9.87. The molecule has 2 heteroatoms. The van der Waals surface area contributed by atoms with Crippen LogP contribution in [0.15, 0.2) is 30.3 Å². The van der Waals surface area contributed by atoms with Crippen molar-refractivity contribution in [2.75, 3.05) is 20.1 Å². The molecule has 0 bridgehead atoms. The number of hydrogen-bond acceptors (Lipinski definition) is 2. The molecule has 2 aliphatic rings. The smallest absolute Gasteiger partial charge is 0.0203 e. The van der Waals surface area contributed by atoms with Gasteiger partial charge in [-0.25, -0.2) is 0 Å². The van der Waals surface area contributed by atoms with E-state index in [1.165, 1.54) is 57.2 Å². The summed E-state index contributed by atoms with van der Waals surface area (Å²) in [6.45, 7) is 2.41. The molecule has 1 N–H and O–H groups in total. The zero-order chi connectivity index (χ0) is 13.8. The topological polar surface area (TPSA) is 15.3 Å². The third-order valence-electron chi connectivity index (χ3n) is 4.98. The van der Waals surface area contributed by atoms with Gasteiger partial charge in [-0.05, 0) is 37.8 Å². The van der Waals surface area contributed by atoms with Crippen molar-refractivity contribution in [1.82, 2.24) is 10.2 Å². The highest BCUT2D eigenvalue weighted by molar-refractivity contribution is 5.21. The van der Waals surface area contributed by atoms with E-state index in [-0.39, 0.29) is 0 Å². The van der Waals surface area contributed by atoms with Crippen LogP contribution < -0.4 is 5.32 Å². The van der Waals surface area contributed by atoms with Crippen molar-refractivity contribution in [2.45, 2.75) is 56.5 Å². The van der Waals surface area contributed by atoms with Crippen LogP contribution in [0, 0.1) is 0 Å². The standard InChI is InChI=1S/C18H28N2/c1-20-13-16(15-8-4-2-5-9-15)12-18(14-20)19-17-10-6-3-7-11-17/h2,4-5,8-9,16-19H,3,6-7,10-14H2,1H3. The summed E-state index contributed by atoms with van der Waals surface area (Å²) in [6, 6.07) is 12.5. The van der Waals surface area contributed by atoms with Crippen molar-refractivity contribution in [2.24, 2.45) is 0 Å². The molecule has 1 aliphatic heterocycles. The number of likely N-dealkylation sites (N-methyl/N-ethyl adjacent to an activating group) is 1. The Labute approximate surface area is 123 Å². The van der Waals surface area contributed by atoms with Gasteiger partial charge in [-0.1, -0.05) is 49.6 Å². The van der Waals surface area contributed by atoms with E-state index in [0.717, 1.165) is 6.04 Å². The highest BCUT2D eigenvalue weighted by Gasteiger charge is 2.28. The fourth-order valence-corrected chi connectivity index (χ4v) is 4.01. The lowest BCUT2D eigenvalue weighted by Crippen LogP contribution is -2.50. The molecule has 2 nitrogen and oxygen atoms in total. The minimum absolute atomic E-state index is 0.669.